The van der Waals surface area contributed by atoms with Gasteiger partial charge >= 0.3 is 0 Å². The maximum Gasteiger partial charge on any atom is 0.207 e. The SMILES string of the molecule is COc1c(O)c(C)c(/C=C/CCCCCCCCO)c(O)c1OC. The molecule has 1 aromatic rings. The van der Waals surface area contributed by atoms with Crippen molar-refractivity contribution in [3.8, 4) is 23.0 Å². The van der Waals surface area contributed by atoms with Crippen molar-refractivity contribution in [1.29, 1.82) is 0 Å². The Morgan fingerprint density at radius 2 is 1.38 bits per heavy atom. The molecule has 0 amide bonds. The van der Waals surface area contributed by atoms with Crippen molar-refractivity contribution in [3.63, 3.8) is 0 Å². The molecule has 0 atom stereocenters. The molecule has 0 aliphatic carbocycles. The molecule has 0 heterocycles. The average molecular weight is 338 g/mol. The zero-order valence-electron chi connectivity index (χ0n) is 15.0. The molecule has 1 aromatic carbocycles. The van der Waals surface area contributed by atoms with Gasteiger partial charge in [-0.2, -0.15) is 0 Å². The first kappa shape index (κ1) is 20.2. The van der Waals surface area contributed by atoms with Gasteiger partial charge in [0.1, 0.15) is 0 Å². The molecular weight excluding hydrogens is 308 g/mol. The smallest absolute Gasteiger partial charge is 0.207 e. The van der Waals surface area contributed by atoms with Crippen LogP contribution in [0.2, 0.25) is 0 Å². The number of phenolic OH excluding ortho intramolecular Hbond substituents is 2. The van der Waals surface area contributed by atoms with E-state index in [1.54, 1.807) is 6.92 Å². The Balaban J connectivity index is 2.63. The van der Waals surface area contributed by atoms with E-state index in [9.17, 15) is 10.2 Å². The first-order chi connectivity index (χ1) is 11.6. The van der Waals surface area contributed by atoms with Gasteiger partial charge in [0.05, 0.1) is 14.2 Å². The van der Waals surface area contributed by atoms with Crippen LogP contribution in [0.3, 0.4) is 0 Å². The van der Waals surface area contributed by atoms with Gasteiger partial charge in [-0.05, 0) is 26.2 Å². The number of benzene rings is 1. The minimum atomic E-state index is -0.0232. The molecule has 3 N–H and O–H groups in total. The molecule has 0 fully saturated rings. The zero-order valence-corrected chi connectivity index (χ0v) is 15.0. The molecule has 0 aliphatic heterocycles. The van der Waals surface area contributed by atoms with E-state index in [0.29, 0.717) is 11.1 Å². The molecule has 5 nitrogen and oxygen atoms in total. The Labute approximate surface area is 144 Å². The predicted molar refractivity (Wildman–Crippen MR) is 96.1 cm³/mol. The molecule has 24 heavy (non-hydrogen) atoms. The Morgan fingerprint density at radius 3 is 1.96 bits per heavy atom. The van der Waals surface area contributed by atoms with Crippen molar-refractivity contribution in [2.45, 2.75) is 51.9 Å². The van der Waals surface area contributed by atoms with Crippen LogP contribution in [-0.4, -0.2) is 36.1 Å². The van der Waals surface area contributed by atoms with Gasteiger partial charge in [0, 0.05) is 17.7 Å². The van der Waals surface area contributed by atoms with Crippen LogP contribution in [0.15, 0.2) is 6.08 Å². The third-order valence-electron chi connectivity index (χ3n) is 4.12. The van der Waals surface area contributed by atoms with Crippen molar-refractivity contribution in [2.75, 3.05) is 20.8 Å². The van der Waals surface area contributed by atoms with Crippen molar-refractivity contribution in [2.24, 2.45) is 0 Å². The number of aromatic hydroxyl groups is 2. The third-order valence-corrected chi connectivity index (χ3v) is 4.12. The van der Waals surface area contributed by atoms with Crippen LogP contribution in [0.5, 0.6) is 23.0 Å². The van der Waals surface area contributed by atoms with Crippen molar-refractivity contribution >= 4 is 6.08 Å². The monoisotopic (exact) mass is 338 g/mol. The second-order valence-corrected chi connectivity index (χ2v) is 5.84. The van der Waals surface area contributed by atoms with E-state index in [1.807, 2.05) is 12.2 Å². The lowest BCUT2D eigenvalue weighted by Crippen LogP contribution is -1.96. The minimum Gasteiger partial charge on any atom is -0.504 e. The highest BCUT2D eigenvalue weighted by Gasteiger charge is 2.21. The van der Waals surface area contributed by atoms with Crippen molar-refractivity contribution in [1.82, 2.24) is 0 Å². The number of phenols is 2. The minimum absolute atomic E-state index is 0.0179. The van der Waals surface area contributed by atoms with Gasteiger partial charge in [-0.3, -0.25) is 0 Å². The third kappa shape index (κ3) is 5.34. The Kier molecular flexibility index (Phi) is 9.08. The van der Waals surface area contributed by atoms with E-state index in [4.69, 9.17) is 14.6 Å². The Morgan fingerprint density at radius 1 is 0.833 bits per heavy atom. The first-order valence-corrected chi connectivity index (χ1v) is 8.52. The van der Waals surface area contributed by atoms with Crippen molar-refractivity contribution in [3.05, 3.63) is 17.2 Å². The molecule has 0 unspecified atom stereocenters. The van der Waals surface area contributed by atoms with Crippen LogP contribution in [0.25, 0.3) is 6.08 Å². The lowest BCUT2D eigenvalue weighted by atomic mass is 10.0. The largest absolute Gasteiger partial charge is 0.504 e. The van der Waals surface area contributed by atoms with E-state index < -0.39 is 0 Å². The summed E-state index contributed by atoms with van der Waals surface area (Å²) in [5, 5.41) is 29.2. The first-order valence-electron chi connectivity index (χ1n) is 8.52. The second-order valence-electron chi connectivity index (χ2n) is 5.84. The number of hydrogen-bond donors (Lipinski definition) is 3. The van der Waals surface area contributed by atoms with Crippen LogP contribution in [0.4, 0.5) is 0 Å². The number of rotatable bonds is 11. The predicted octanol–water partition coefficient (Wildman–Crippen LogP) is 4.16. The quantitative estimate of drug-likeness (QED) is 0.417. The molecule has 0 spiro atoms. The number of aliphatic hydroxyl groups is 1. The van der Waals surface area contributed by atoms with Gasteiger partial charge in [-0.1, -0.05) is 37.8 Å². The molecule has 0 radical (unpaired) electrons. The molecule has 0 saturated carbocycles. The number of methoxy groups -OCH3 is 2. The lowest BCUT2D eigenvalue weighted by Gasteiger charge is -2.16. The second kappa shape index (κ2) is 10.8. The molecule has 136 valence electrons. The van der Waals surface area contributed by atoms with Gasteiger partial charge in [-0.15, -0.1) is 0 Å². The fourth-order valence-electron chi connectivity index (χ4n) is 2.68. The number of ether oxygens (including phenoxy) is 2. The summed E-state index contributed by atoms with van der Waals surface area (Å²) in [5.74, 6) is 0.247. The summed E-state index contributed by atoms with van der Waals surface area (Å²) in [7, 11) is 2.85. The zero-order chi connectivity index (χ0) is 17.9. The molecular formula is C19H30O5. The standard InChI is InChI=1S/C19H30O5/c1-14-15(12-10-8-6-4-5-7-9-11-13-20)17(22)19(24-3)18(23-2)16(14)21/h10,12,20-22H,4-9,11,13H2,1-3H3/b12-10+. The average Bonchev–Trinajstić information content (AvgIpc) is 2.58. The summed E-state index contributed by atoms with van der Waals surface area (Å²) in [6, 6.07) is 0. The lowest BCUT2D eigenvalue weighted by molar-refractivity contribution is 0.282. The van der Waals surface area contributed by atoms with Gasteiger partial charge in [-0.25, -0.2) is 0 Å². The summed E-state index contributed by atoms with van der Waals surface area (Å²) in [5.41, 5.74) is 1.11. The molecule has 1 rings (SSSR count). The van der Waals surface area contributed by atoms with Crippen LogP contribution in [0, 0.1) is 6.92 Å². The van der Waals surface area contributed by atoms with Gasteiger partial charge in [0.15, 0.2) is 11.5 Å². The number of unbranched alkanes of at least 4 members (excludes halogenated alkanes) is 6. The number of hydrogen-bond acceptors (Lipinski definition) is 5. The van der Waals surface area contributed by atoms with Gasteiger partial charge in [0.25, 0.3) is 0 Å². The fraction of sp³-hybridized carbons (Fsp3) is 0.579. The van der Waals surface area contributed by atoms with E-state index in [2.05, 4.69) is 0 Å². The summed E-state index contributed by atoms with van der Waals surface area (Å²) in [6.07, 6.45) is 11.3. The van der Waals surface area contributed by atoms with E-state index >= 15 is 0 Å². The highest BCUT2D eigenvalue weighted by molar-refractivity contribution is 5.74. The summed E-state index contributed by atoms with van der Waals surface area (Å²) in [4.78, 5) is 0. The van der Waals surface area contributed by atoms with Crippen LogP contribution in [-0.2, 0) is 0 Å². The fourth-order valence-corrected chi connectivity index (χ4v) is 2.68. The highest BCUT2D eigenvalue weighted by atomic mass is 16.5. The van der Waals surface area contributed by atoms with Crippen LogP contribution >= 0.6 is 0 Å². The van der Waals surface area contributed by atoms with Gasteiger partial charge < -0.3 is 24.8 Å². The van der Waals surface area contributed by atoms with E-state index in [1.165, 1.54) is 20.6 Å². The Hall–Kier alpha value is -1.88. The van der Waals surface area contributed by atoms with Gasteiger partial charge in [0.2, 0.25) is 11.5 Å². The molecule has 0 aromatic heterocycles. The normalized spacial score (nSPS) is 11.2. The maximum atomic E-state index is 10.3. The molecule has 0 saturated heterocycles. The summed E-state index contributed by atoms with van der Waals surface area (Å²) in [6.45, 7) is 2.02. The Bertz CT molecular complexity index is 537. The topological polar surface area (TPSA) is 79.2 Å². The number of aliphatic hydroxyl groups excluding tert-OH is 1. The van der Waals surface area contributed by atoms with Crippen LogP contribution in [0.1, 0.15) is 56.1 Å². The van der Waals surface area contributed by atoms with E-state index in [0.717, 1.165) is 38.5 Å². The summed E-state index contributed by atoms with van der Waals surface area (Å²) < 4.78 is 10.3. The molecule has 0 aliphatic rings. The maximum absolute atomic E-state index is 10.3. The van der Waals surface area contributed by atoms with Crippen LogP contribution < -0.4 is 9.47 Å². The number of allylic oxidation sites excluding steroid dienone is 1. The molecule has 5 heteroatoms. The highest BCUT2D eigenvalue weighted by Crippen LogP contribution is 2.48. The van der Waals surface area contributed by atoms with Crippen molar-refractivity contribution < 1.29 is 24.8 Å². The summed E-state index contributed by atoms with van der Waals surface area (Å²) >= 11 is 0. The molecule has 0 bridgehead atoms. The van der Waals surface area contributed by atoms with E-state index in [-0.39, 0.29) is 29.6 Å².